The van der Waals surface area contributed by atoms with Gasteiger partial charge >= 0.3 is 0 Å². The van der Waals surface area contributed by atoms with E-state index >= 15 is 0 Å². The molecule has 106 valence electrons. The maximum absolute atomic E-state index is 9.38. The summed E-state index contributed by atoms with van der Waals surface area (Å²) in [6.45, 7) is 0. The summed E-state index contributed by atoms with van der Waals surface area (Å²) in [4.78, 5) is 0. The van der Waals surface area contributed by atoms with E-state index in [2.05, 4.69) is 6.07 Å². The molecule has 0 N–H and O–H groups in total. The van der Waals surface area contributed by atoms with Crippen LogP contribution in [0.2, 0.25) is 5.02 Å². The summed E-state index contributed by atoms with van der Waals surface area (Å²) in [6.07, 6.45) is 1.78. The lowest BCUT2D eigenvalue weighted by molar-refractivity contribution is 0.355. The van der Waals surface area contributed by atoms with Crippen molar-refractivity contribution in [2.24, 2.45) is 0 Å². The predicted octanol–water partition coefficient (Wildman–Crippen LogP) is 4.42. The Morgan fingerprint density at radius 2 is 1.86 bits per heavy atom. The fourth-order valence-electron chi connectivity index (χ4n) is 1.95. The first kappa shape index (κ1) is 15.0. The van der Waals surface area contributed by atoms with Crippen LogP contribution in [0.15, 0.2) is 42.5 Å². The van der Waals surface area contributed by atoms with Crippen LogP contribution >= 0.6 is 11.6 Å². The number of benzene rings is 2. The minimum atomic E-state index is 0.526. The van der Waals surface area contributed by atoms with E-state index in [1.165, 1.54) is 0 Å². The first-order valence-electron chi connectivity index (χ1n) is 6.27. The molecule has 0 fully saturated rings. The Balaban J connectivity index is 2.45. The van der Waals surface area contributed by atoms with Gasteiger partial charge in [-0.3, -0.25) is 0 Å². The number of methoxy groups -OCH3 is 2. The second-order valence-electron chi connectivity index (χ2n) is 4.29. The molecule has 0 radical (unpaired) electrons. The molecule has 0 unspecified atom stereocenters. The van der Waals surface area contributed by atoms with E-state index in [1.807, 2.05) is 18.2 Å². The van der Waals surface area contributed by atoms with Crippen molar-refractivity contribution < 1.29 is 9.47 Å². The zero-order chi connectivity index (χ0) is 15.2. The number of ether oxygens (including phenoxy) is 2. The lowest BCUT2D eigenvalue weighted by Gasteiger charge is -2.09. The SMILES string of the molecule is COc1ccc(C(C#N)=Cc2cccc(Cl)c2)cc1OC. The Morgan fingerprint density at radius 1 is 1.10 bits per heavy atom. The number of halogens is 1. The van der Waals surface area contributed by atoms with Crippen LogP contribution in [0, 0.1) is 11.3 Å². The highest BCUT2D eigenvalue weighted by atomic mass is 35.5. The second-order valence-corrected chi connectivity index (χ2v) is 4.73. The maximum Gasteiger partial charge on any atom is 0.161 e. The Morgan fingerprint density at radius 3 is 2.48 bits per heavy atom. The fourth-order valence-corrected chi connectivity index (χ4v) is 2.15. The molecule has 0 bridgehead atoms. The van der Waals surface area contributed by atoms with Crippen molar-refractivity contribution in [3.05, 3.63) is 58.6 Å². The topological polar surface area (TPSA) is 42.2 Å². The molecule has 0 aliphatic rings. The molecule has 0 aromatic heterocycles. The molecular formula is C17H14ClNO2. The molecule has 0 saturated carbocycles. The lowest BCUT2D eigenvalue weighted by Crippen LogP contribution is -1.92. The summed E-state index contributed by atoms with van der Waals surface area (Å²) < 4.78 is 10.5. The first-order valence-corrected chi connectivity index (χ1v) is 6.65. The molecule has 0 heterocycles. The van der Waals surface area contributed by atoms with Gasteiger partial charge in [0.05, 0.1) is 25.9 Å². The van der Waals surface area contributed by atoms with Gasteiger partial charge in [0.25, 0.3) is 0 Å². The highest BCUT2D eigenvalue weighted by Crippen LogP contribution is 2.31. The van der Waals surface area contributed by atoms with Gasteiger partial charge in [0.2, 0.25) is 0 Å². The van der Waals surface area contributed by atoms with Gasteiger partial charge < -0.3 is 9.47 Å². The molecule has 0 atom stereocenters. The van der Waals surface area contributed by atoms with Gasteiger partial charge in [-0.25, -0.2) is 0 Å². The third-order valence-corrected chi connectivity index (χ3v) is 3.21. The van der Waals surface area contributed by atoms with Crippen molar-refractivity contribution in [3.63, 3.8) is 0 Å². The molecule has 2 aromatic carbocycles. The third kappa shape index (κ3) is 3.56. The zero-order valence-electron chi connectivity index (χ0n) is 11.8. The lowest BCUT2D eigenvalue weighted by atomic mass is 10.0. The van der Waals surface area contributed by atoms with Crippen molar-refractivity contribution in [2.75, 3.05) is 14.2 Å². The molecule has 0 aliphatic heterocycles. The van der Waals surface area contributed by atoms with Gasteiger partial charge in [0.15, 0.2) is 11.5 Å². The van der Waals surface area contributed by atoms with E-state index in [9.17, 15) is 5.26 Å². The Kier molecular flexibility index (Phi) is 4.86. The maximum atomic E-state index is 9.38. The summed E-state index contributed by atoms with van der Waals surface area (Å²) in [6, 6.07) is 14.9. The molecule has 2 aromatic rings. The molecule has 3 nitrogen and oxygen atoms in total. The number of hydrogen-bond donors (Lipinski definition) is 0. The van der Waals surface area contributed by atoms with Crippen LogP contribution < -0.4 is 9.47 Å². The Labute approximate surface area is 129 Å². The molecule has 0 amide bonds. The first-order chi connectivity index (χ1) is 10.2. The van der Waals surface area contributed by atoms with Crippen molar-refractivity contribution in [1.82, 2.24) is 0 Å². The van der Waals surface area contributed by atoms with E-state index in [1.54, 1.807) is 44.6 Å². The monoisotopic (exact) mass is 299 g/mol. The van der Waals surface area contributed by atoms with Crippen LogP contribution in [0.3, 0.4) is 0 Å². The van der Waals surface area contributed by atoms with Crippen molar-refractivity contribution in [3.8, 4) is 17.6 Å². The van der Waals surface area contributed by atoms with Crippen molar-refractivity contribution in [2.45, 2.75) is 0 Å². The molecule has 2 rings (SSSR count). The number of hydrogen-bond acceptors (Lipinski definition) is 3. The average molecular weight is 300 g/mol. The number of nitrogens with zero attached hydrogens (tertiary/aromatic N) is 1. The summed E-state index contributed by atoms with van der Waals surface area (Å²) in [7, 11) is 3.14. The van der Waals surface area contributed by atoms with Gasteiger partial charge in [-0.1, -0.05) is 23.7 Å². The minimum absolute atomic E-state index is 0.526. The van der Waals surface area contributed by atoms with Crippen molar-refractivity contribution >= 4 is 23.3 Å². The number of allylic oxidation sites excluding steroid dienone is 1. The van der Waals surface area contributed by atoms with E-state index in [4.69, 9.17) is 21.1 Å². The van der Waals surface area contributed by atoms with Gasteiger partial charge in [0, 0.05) is 5.02 Å². The van der Waals surface area contributed by atoms with Gasteiger partial charge in [-0.05, 0) is 47.5 Å². The van der Waals surface area contributed by atoms with Crippen LogP contribution in [0.1, 0.15) is 11.1 Å². The fraction of sp³-hybridized carbons (Fsp3) is 0.118. The van der Waals surface area contributed by atoms with Gasteiger partial charge in [0.1, 0.15) is 0 Å². The van der Waals surface area contributed by atoms with E-state index in [-0.39, 0.29) is 0 Å². The Bertz CT molecular complexity index is 717. The largest absolute Gasteiger partial charge is 0.493 e. The van der Waals surface area contributed by atoms with Crippen LogP contribution in [0.4, 0.5) is 0 Å². The highest BCUT2D eigenvalue weighted by Gasteiger charge is 2.08. The standard InChI is InChI=1S/C17H14ClNO2/c1-20-16-7-6-13(10-17(16)21-2)14(11-19)8-12-4-3-5-15(18)9-12/h3-10H,1-2H3. The van der Waals surface area contributed by atoms with Crippen LogP contribution in [0.5, 0.6) is 11.5 Å². The average Bonchev–Trinajstić information content (AvgIpc) is 2.52. The van der Waals surface area contributed by atoms with Crippen molar-refractivity contribution in [1.29, 1.82) is 5.26 Å². The molecule has 0 spiro atoms. The third-order valence-electron chi connectivity index (χ3n) is 2.97. The van der Waals surface area contributed by atoms with E-state index in [0.29, 0.717) is 22.1 Å². The summed E-state index contributed by atoms with van der Waals surface area (Å²) >= 11 is 5.96. The Hall–Kier alpha value is -2.44. The molecule has 0 saturated heterocycles. The van der Waals surface area contributed by atoms with Crippen LogP contribution in [-0.2, 0) is 0 Å². The minimum Gasteiger partial charge on any atom is -0.493 e. The molecular weight excluding hydrogens is 286 g/mol. The number of nitriles is 1. The summed E-state index contributed by atoms with van der Waals surface area (Å²) in [5.41, 5.74) is 2.15. The zero-order valence-corrected chi connectivity index (χ0v) is 12.5. The number of rotatable bonds is 4. The predicted molar refractivity (Wildman–Crippen MR) is 84.5 cm³/mol. The van der Waals surface area contributed by atoms with E-state index < -0.39 is 0 Å². The molecule has 4 heteroatoms. The van der Waals surface area contributed by atoms with Gasteiger partial charge in [-0.2, -0.15) is 5.26 Å². The smallest absolute Gasteiger partial charge is 0.161 e. The molecule has 0 aliphatic carbocycles. The van der Waals surface area contributed by atoms with Gasteiger partial charge in [-0.15, -0.1) is 0 Å². The second kappa shape index (κ2) is 6.83. The van der Waals surface area contributed by atoms with E-state index in [0.717, 1.165) is 11.1 Å². The van der Waals surface area contributed by atoms with Crippen LogP contribution in [0.25, 0.3) is 11.6 Å². The molecule has 21 heavy (non-hydrogen) atoms. The highest BCUT2D eigenvalue weighted by molar-refractivity contribution is 6.30. The summed E-state index contributed by atoms with van der Waals surface area (Å²) in [5.74, 6) is 1.21. The van der Waals surface area contributed by atoms with Crippen LogP contribution in [-0.4, -0.2) is 14.2 Å². The quantitative estimate of drug-likeness (QED) is 0.620. The normalized spacial score (nSPS) is 10.9. The summed E-state index contributed by atoms with van der Waals surface area (Å²) in [5, 5.41) is 10.0.